The minimum absolute atomic E-state index is 0.0919. The van der Waals surface area contributed by atoms with Gasteiger partial charge in [0.05, 0.1) is 30.5 Å². The number of fused-ring (bicyclic) bond motifs is 2. The number of anilines is 2. The maximum atomic E-state index is 14.2. The lowest BCUT2D eigenvalue weighted by molar-refractivity contribution is -0.146. The molecule has 0 aromatic heterocycles. The summed E-state index contributed by atoms with van der Waals surface area (Å²) in [7, 11) is 0. The van der Waals surface area contributed by atoms with Crippen LogP contribution in [-0.2, 0) is 26.4 Å². The molecular formula is C27H32N2O6. The molecule has 2 fully saturated rings. The fourth-order valence-electron chi connectivity index (χ4n) is 6.22. The van der Waals surface area contributed by atoms with Crippen molar-refractivity contribution in [2.45, 2.75) is 51.0 Å². The number of carbonyl (C=O) groups excluding carboxylic acids is 2. The lowest BCUT2D eigenvalue weighted by Crippen LogP contribution is -2.46. The predicted molar refractivity (Wildman–Crippen MR) is 130 cm³/mol. The number of aliphatic hydroxyl groups excluding tert-OH is 1. The smallest absolute Gasteiger partial charge is 0.414 e. The lowest BCUT2D eigenvalue weighted by atomic mass is 9.71. The highest BCUT2D eigenvalue weighted by Crippen LogP contribution is 2.57. The molecule has 3 aliphatic heterocycles. The van der Waals surface area contributed by atoms with Crippen molar-refractivity contribution in [1.82, 2.24) is 0 Å². The van der Waals surface area contributed by atoms with Gasteiger partial charge in [-0.1, -0.05) is 37.3 Å². The molecule has 3 heterocycles. The van der Waals surface area contributed by atoms with Crippen LogP contribution in [0.25, 0.3) is 0 Å². The molecule has 2 aromatic rings. The first kappa shape index (κ1) is 23.8. The Morgan fingerprint density at radius 1 is 1.14 bits per heavy atom. The van der Waals surface area contributed by atoms with Gasteiger partial charge in [-0.05, 0) is 44.0 Å². The van der Waals surface area contributed by atoms with Gasteiger partial charge < -0.3 is 24.6 Å². The topological polar surface area (TPSA) is 99.5 Å². The number of aliphatic hydroxyl groups is 2. The maximum Gasteiger partial charge on any atom is 0.414 e. The highest BCUT2D eigenvalue weighted by atomic mass is 16.6. The first-order valence-corrected chi connectivity index (χ1v) is 12.1. The summed E-state index contributed by atoms with van der Waals surface area (Å²) in [6, 6.07) is 15.2. The van der Waals surface area contributed by atoms with Crippen LogP contribution in [0.3, 0.4) is 0 Å². The lowest BCUT2D eigenvalue weighted by Gasteiger charge is -2.34. The molecule has 8 heteroatoms. The van der Waals surface area contributed by atoms with Crippen molar-refractivity contribution in [2.24, 2.45) is 11.8 Å². The van der Waals surface area contributed by atoms with E-state index in [1.54, 1.807) is 23.6 Å². The maximum absolute atomic E-state index is 14.2. The Bertz CT molecular complexity index is 1140. The second-order valence-electron chi connectivity index (χ2n) is 10.2. The zero-order valence-electron chi connectivity index (χ0n) is 20.3. The van der Waals surface area contributed by atoms with Crippen LogP contribution in [0.1, 0.15) is 38.3 Å². The van der Waals surface area contributed by atoms with Gasteiger partial charge in [-0.25, -0.2) is 4.79 Å². The molecule has 3 aliphatic rings. The van der Waals surface area contributed by atoms with E-state index in [9.17, 15) is 19.8 Å². The van der Waals surface area contributed by atoms with E-state index in [-0.39, 0.29) is 30.4 Å². The number of amides is 2. The van der Waals surface area contributed by atoms with Crippen molar-refractivity contribution in [2.75, 3.05) is 29.6 Å². The summed E-state index contributed by atoms with van der Waals surface area (Å²) in [5.41, 5.74) is 0.830. The highest BCUT2D eigenvalue weighted by molar-refractivity contribution is 6.07. The van der Waals surface area contributed by atoms with Gasteiger partial charge in [0.25, 0.3) is 5.91 Å². The number of carbonyl (C=O) groups is 2. The summed E-state index contributed by atoms with van der Waals surface area (Å²) in [6.45, 7) is 6.49. The summed E-state index contributed by atoms with van der Waals surface area (Å²) < 4.78 is 11.6. The highest BCUT2D eigenvalue weighted by Gasteiger charge is 2.65. The van der Waals surface area contributed by atoms with Gasteiger partial charge in [0, 0.05) is 29.7 Å². The summed E-state index contributed by atoms with van der Waals surface area (Å²) >= 11 is 0. The number of para-hydroxylation sites is 1. The second kappa shape index (κ2) is 8.62. The zero-order chi connectivity index (χ0) is 25.0. The quantitative estimate of drug-likeness (QED) is 0.659. The van der Waals surface area contributed by atoms with Crippen LogP contribution < -0.4 is 9.80 Å². The molecular weight excluding hydrogens is 448 g/mol. The minimum atomic E-state index is -1.24. The van der Waals surface area contributed by atoms with E-state index < -0.39 is 17.3 Å². The van der Waals surface area contributed by atoms with E-state index in [1.165, 1.54) is 0 Å². The number of hydrogen-bond donors (Lipinski definition) is 2. The Morgan fingerprint density at radius 3 is 2.60 bits per heavy atom. The third-order valence-electron chi connectivity index (χ3n) is 7.63. The first-order chi connectivity index (χ1) is 16.7. The van der Waals surface area contributed by atoms with Crippen LogP contribution in [-0.4, -0.2) is 53.7 Å². The SMILES string of the molecule is C[C@H]1[C@H](C(C)(C)O)[C@@H](CCO)O[C@]12C(=O)N(Cc1cccc(N3CCOC3=O)c1)c1ccccc12. The van der Waals surface area contributed by atoms with Gasteiger partial charge in [0.1, 0.15) is 6.61 Å². The standard InChI is InChI=1S/C27H32N2O6/c1-17-23(26(2,3)33)22(11-13-30)35-27(17)20-9-4-5-10-21(20)29(24(27)31)16-18-7-6-8-19(15-18)28-12-14-34-25(28)32/h4-10,15,17,22-23,30,33H,11-14,16H2,1-3H3/t17-,22+,23-,27+/m0/s1. The fourth-order valence-corrected chi connectivity index (χ4v) is 6.22. The molecule has 8 nitrogen and oxygen atoms in total. The number of rotatable bonds is 6. The van der Waals surface area contributed by atoms with Crippen LogP contribution in [0.15, 0.2) is 48.5 Å². The van der Waals surface area contributed by atoms with E-state index in [0.717, 1.165) is 22.5 Å². The average Bonchev–Trinajstić information content (AvgIpc) is 3.44. The van der Waals surface area contributed by atoms with E-state index in [2.05, 4.69) is 0 Å². The van der Waals surface area contributed by atoms with Gasteiger partial charge >= 0.3 is 6.09 Å². The number of ether oxygens (including phenoxy) is 2. The third kappa shape index (κ3) is 3.71. The van der Waals surface area contributed by atoms with Crippen molar-refractivity contribution >= 4 is 23.4 Å². The molecule has 2 amide bonds. The van der Waals surface area contributed by atoms with Gasteiger partial charge in [-0.3, -0.25) is 9.69 Å². The van der Waals surface area contributed by atoms with Crippen molar-refractivity contribution in [3.8, 4) is 0 Å². The Morgan fingerprint density at radius 2 is 1.91 bits per heavy atom. The van der Waals surface area contributed by atoms with Crippen LogP contribution in [0.4, 0.5) is 16.2 Å². The number of cyclic esters (lactones) is 1. The predicted octanol–water partition coefficient (Wildman–Crippen LogP) is 3.19. The van der Waals surface area contributed by atoms with Crippen LogP contribution in [0, 0.1) is 11.8 Å². The van der Waals surface area contributed by atoms with E-state index in [1.807, 2.05) is 55.5 Å². The van der Waals surface area contributed by atoms with Crippen molar-refractivity contribution in [1.29, 1.82) is 0 Å². The van der Waals surface area contributed by atoms with Crippen molar-refractivity contribution in [3.05, 3.63) is 59.7 Å². The van der Waals surface area contributed by atoms with E-state index in [0.29, 0.717) is 26.1 Å². The number of nitrogens with zero attached hydrogens (tertiary/aromatic N) is 2. The molecule has 0 bridgehead atoms. The molecule has 186 valence electrons. The average molecular weight is 481 g/mol. The Balaban J connectivity index is 1.52. The number of benzene rings is 2. The normalized spacial score (nSPS) is 28.2. The molecule has 5 rings (SSSR count). The molecule has 1 spiro atoms. The molecule has 2 aromatic carbocycles. The van der Waals surface area contributed by atoms with Crippen LogP contribution >= 0.6 is 0 Å². The van der Waals surface area contributed by atoms with Crippen LogP contribution in [0.5, 0.6) is 0 Å². The summed E-state index contributed by atoms with van der Waals surface area (Å²) in [6.07, 6.45) is -0.495. The molecule has 0 unspecified atom stereocenters. The zero-order valence-corrected chi connectivity index (χ0v) is 20.3. The van der Waals surface area contributed by atoms with Crippen LogP contribution in [0.2, 0.25) is 0 Å². The van der Waals surface area contributed by atoms with Gasteiger partial charge in [0.2, 0.25) is 0 Å². The number of hydrogen-bond acceptors (Lipinski definition) is 6. The van der Waals surface area contributed by atoms with Gasteiger partial charge in [-0.2, -0.15) is 0 Å². The molecule has 2 N–H and O–H groups in total. The third-order valence-corrected chi connectivity index (χ3v) is 7.63. The van der Waals surface area contributed by atoms with Gasteiger partial charge in [-0.15, -0.1) is 0 Å². The summed E-state index contributed by atoms with van der Waals surface area (Å²) in [4.78, 5) is 29.5. The van der Waals surface area contributed by atoms with Crippen molar-refractivity contribution in [3.63, 3.8) is 0 Å². The Kier molecular flexibility index (Phi) is 5.86. The Hall–Kier alpha value is -2.94. The largest absolute Gasteiger partial charge is 0.447 e. The van der Waals surface area contributed by atoms with E-state index in [4.69, 9.17) is 9.47 Å². The summed E-state index contributed by atoms with van der Waals surface area (Å²) in [5.74, 6) is -0.827. The molecule has 0 aliphatic carbocycles. The molecule has 4 atom stereocenters. The van der Waals surface area contributed by atoms with E-state index >= 15 is 0 Å². The second-order valence-corrected chi connectivity index (χ2v) is 10.2. The molecule has 35 heavy (non-hydrogen) atoms. The molecule has 0 saturated carbocycles. The summed E-state index contributed by atoms with van der Waals surface area (Å²) in [5, 5.41) is 20.7. The minimum Gasteiger partial charge on any atom is -0.447 e. The molecule has 0 radical (unpaired) electrons. The Labute approximate surface area is 205 Å². The fraction of sp³-hybridized carbons (Fsp3) is 0.481. The van der Waals surface area contributed by atoms with Gasteiger partial charge in [0.15, 0.2) is 5.60 Å². The monoisotopic (exact) mass is 480 g/mol. The molecule has 2 saturated heterocycles. The van der Waals surface area contributed by atoms with Crippen molar-refractivity contribution < 1.29 is 29.3 Å². The first-order valence-electron chi connectivity index (χ1n) is 12.1.